The third kappa shape index (κ3) is 5.03. The lowest BCUT2D eigenvalue weighted by Crippen LogP contribution is -2.27. The van der Waals surface area contributed by atoms with Crippen LogP contribution in [0.4, 0.5) is 14.9 Å². The lowest BCUT2D eigenvalue weighted by molar-refractivity contribution is -0.138. The molecule has 0 aliphatic carbocycles. The second-order valence-corrected chi connectivity index (χ2v) is 5.49. The zero-order valence-electron chi connectivity index (χ0n) is 12.1. The van der Waals surface area contributed by atoms with Gasteiger partial charge in [-0.1, -0.05) is 0 Å². The van der Waals surface area contributed by atoms with Gasteiger partial charge >= 0.3 is 12.1 Å². The molecule has 116 valence electrons. The number of halogens is 1. The van der Waals surface area contributed by atoms with Crippen LogP contribution < -0.4 is 11.1 Å². The van der Waals surface area contributed by atoms with Crippen LogP contribution in [0.5, 0.6) is 0 Å². The van der Waals surface area contributed by atoms with E-state index < -0.39 is 29.4 Å². The first-order valence-electron chi connectivity index (χ1n) is 6.36. The van der Waals surface area contributed by atoms with E-state index in [2.05, 4.69) is 5.32 Å². The molecule has 0 saturated heterocycles. The molecule has 0 fully saturated rings. The number of nitrogens with two attached hydrogens (primary N) is 1. The summed E-state index contributed by atoms with van der Waals surface area (Å²) in [6, 6.07) is 3.64. The van der Waals surface area contributed by atoms with Crippen LogP contribution in [0.1, 0.15) is 32.3 Å². The number of carbonyl (C=O) groups is 2. The van der Waals surface area contributed by atoms with Crippen LogP contribution in [0.2, 0.25) is 0 Å². The van der Waals surface area contributed by atoms with Gasteiger partial charge in [0.05, 0.1) is 5.92 Å². The minimum absolute atomic E-state index is 0.0847. The number of carbonyl (C=O) groups excluding carboxylic acids is 1. The second-order valence-electron chi connectivity index (χ2n) is 5.49. The molecule has 6 nitrogen and oxygen atoms in total. The minimum Gasteiger partial charge on any atom is -0.481 e. The maximum absolute atomic E-state index is 13.7. The van der Waals surface area contributed by atoms with Crippen molar-refractivity contribution in [2.75, 3.05) is 11.9 Å². The summed E-state index contributed by atoms with van der Waals surface area (Å²) >= 11 is 0. The van der Waals surface area contributed by atoms with Crippen LogP contribution in [-0.4, -0.2) is 29.3 Å². The van der Waals surface area contributed by atoms with Crippen molar-refractivity contribution in [1.82, 2.24) is 0 Å². The van der Waals surface area contributed by atoms with Crippen LogP contribution in [0.15, 0.2) is 18.2 Å². The summed E-state index contributed by atoms with van der Waals surface area (Å²) in [6.07, 6.45) is -0.709. The van der Waals surface area contributed by atoms with E-state index in [0.717, 1.165) is 6.07 Å². The number of rotatable bonds is 4. The van der Waals surface area contributed by atoms with Gasteiger partial charge in [-0.2, -0.15) is 0 Å². The van der Waals surface area contributed by atoms with E-state index in [1.807, 2.05) is 0 Å². The minimum atomic E-state index is -1.23. The van der Waals surface area contributed by atoms with Crippen LogP contribution in [0.25, 0.3) is 0 Å². The highest BCUT2D eigenvalue weighted by molar-refractivity contribution is 5.85. The highest BCUT2D eigenvalue weighted by Gasteiger charge is 2.23. The average Bonchev–Trinajstić information content (AvgIpc) is 2.31. The topological polar surface area (TPSA) is 102 Å². The predicted octanol–water partition coefficient (Wildman–Crippen LogP) is 2.30. The van der Waals surface area contributed by atoms with Crippen LogP contribution in [0.3, 0.4) is 0 Å². The SMILES string of the molecule is CC(C)(C)OC(=O)Nc1ccc(F)c(C(CN)C(=O)O)c1. The van der Waals surface area contributed by atoms with Gasteiger partial charge in [-0.05, 0) is 39.0 Å². The molecule has 0 bridgehead atoms. The zero-order chi connectivity index (χ0) is 16.2. The Labute approximate surface area is 122 Å². The molecule has 1 rings (SSSR count). The Balaban J connectivity index is 2.96. The van der Waals surface area contributed by atoms with E-state index in [1.54, 1.807) is 20.8 Å². The highest BCUT2D eigenvalue weighted by Crippen LogP contribution is 2.23. The Hall–Kier alpha value is -2.15. The molecule has 0 saturated carbocycles. The van der Waals surface area contributed by atoms with Crippen molar-refractivity contribution in [1.29, 1.82) is 0 Å². The number of carboxylic acid groups (broad SMARTS) is 1. The summed E-state index contributed by atoms with van der Waals surface area (Å²) < 4.78 is 18.8. The van der Waals surface area contributed by atoms with Crippen molar-refractivity contribution in [3.63, 3.8) is 0 Å². The second kappa shape index (κ2) is 6.53. The third-order valence-electron chi connectivity index (χ3n) is 2.55. The van der Waals surface area contributed by atoms with E-state index in [9.17, 15) is 14.0 Å². The molecule has 0 radical (unpaired) electrons. The molecule has 0 heterocycles. The molecular formula is C14H19FN2O4. The number of hydrogen-bond acceptors (Lipinski definition) is 4. The Morgan fingerprint density at radius 2 is 2.05 bits per heavy atom. The van der Waals surface area contributed by atoms with E-state index >= 15 is 0 Å². The maximum Gasteiger partial charge on any atom is 0.412 e. The Morgan fingerprint density at radius 1 is 1.43 bits per heavy atom. The predicted molar refractivity (Wildman–Crippen MR) is 75.7 cm³/mol. The van der Waals surface area contributed by atoms with E-state index in [4.69, 9.17) is 15.6 Å². The molecule has 7 heteroatoms. The van der Waals surface area contributed by atoms with Gasteiger partial charge in [-0.15, -0.1) is 0 Å². The number of ether oxygens (including phenoxy) is 1. The van der Waals surface area contributed by atoms with E-state index in [0.29, 0.717) is 0 Å². The van der Waals surface area contributed by atoms with Crippen molar-refractivity contribution in [2.45, 2.75) is 32.3 Å². The lowest BCUT2D eigenvalue weighted by Gasteiger charge is -2.20. The number of hydrogen-bond donors (Lipinski definition) is 3. The molecule has 0 aliphatic heterocycles. The van der Waals surface area contributed by atoms with Gasteiger partial charge < -0.3 is 15.6 Å². The van der Waals surface area contributed by atoms with Gasteiger partial charge in [-0.3, -0.25) is 10.1 Å². The zero-order valence-corrected chi connectivity index (χ0v) is 12.1. The van der Waals surface area contributed by atoms with Gasteiger partial charge in [0, 0.05) is 17.8 Å². The Morgan fingerprint density at radius 3 is 2.52 bits per heavy atom. The van der Waals surface area contributed by atoms with Gasteiger partial charge in [0.25, 0.3) is 0 Å². The fourth-order valence-electron chi connectivity index (χ4n) is 1.67. The largest absolute Gasteiger partial charge is 0.481 e. The van der Waals surface area contributed by atoms with Crippen molar-refractivity contribution < 1.29 is 23.8 Å². The molecule has 1 amide bonds. The molecule has 1 atom stereocenters. The average molecular weight is 298 g/mol. The molecule has 0 aromatic heterocycles. The maximum atomic E-state index is 13.7. The molecule has 0 aliphatic rings. The lowest BCUT2D eigenvalue weighted by atomic mass is 9.98. The summed E-state index contributed by atoms with van der Waals surface area (Å²) in [5.74, 6) is -3.10. The summed E-state index contributed by atoms with van der Waals surface area (Å²) in [4.78, 5) is 22.7. The third-order valence-corrected chi connectivity index (χ3v) is 2.55. The first-order valence-corrected chi connectivity index (χ1v) is 6.36. The number of carboxylic acids is 1. The first-order chi connectivity index (χ1) is 9.64. The van der Waals surface area contributed by atoms with Gasteiger partial charge in [0.2, 0.25) is 0 Å². The first kappa shape index (κ1) is 16.9. The fourth-order valence-corrected chi connectivity index (χ4v) is 1.67. The van der Waals surface area contributed by atoms with E-state index in [1.165, 1.54) is 12.1 Å². The van der Waals surface area contributed by atoms with Crippen molar-refractivity contribution in [3.05, 3.63) is 29.6 Å². The smallest absolute Gasteiger partial charge is 0.412 e. The summed E-state index contributed by atoms with van der Waals surface area (Å²) in [5.41, 5.74) is 4.83. The van der Waals surface area contributed by atoms with Gasteiger partial charge in [0.1, 0.15) is 11.4 Å². The number of anilines is 1. The number of aliphatic carboxylic acids is 1. The molecule has 0 spiro atoms. The fraction of sp³-hybridized carbons (Fsp3) is 0.429. The molecule has 4 N–H and O–H groups in total. The Kier molecular flexibility index (Phi) is 5.26. The molecular weight excluding hydrogens is 279 g/mol. The number of nitrogens with one attached hydrogen (secondary N) is 1. The Bertz CT molecular complexity index is 540. The summed E-state index contributed by atoms with van der Waals surface area (Å²) in [5, 5.41) is 11.4. The monoisotopic (exact) mass is 298 g/mol. The van der Waals surface area contributed by atoms with E-state index in [-0.39, 0.29) is 17.8 Å². The number of benzene rings is 1. The number of amides is 1. The summed E-state index contributed by atoms with van der Waals surface area (Å²) in [7, 11) is 0. The van der Waals surface area contributed by atoms with Gasteiger partial charge in [0.15, 0.2) is 0 Å². The molecule has 1 unspecified atom stereocenters. The van der Waals surface area contributed by atoms with Crippen molar-refractivity contribution >= 4 is 17.7 Å². The van der Waals surface area contributed by atoms with Crippen LogP contribution in [-0.2, 0) is 9.53 Å². The normalized spacial score (nSPS) is 12.6. The highest BCUT2D eigenvalue weighted by atomic mass is 19.1. The van der Waals surface area contributed by atoms with Gasteiger partial charge in [-0.25, -0.2) is 9.18 Å². The quantitative estimate of drug-likeness (QED) is 0.791. The van der Waals surface area contributed by atoms with Crippen molar-refractivity contribution in [3.8, 4) is 0 Å². The molecule has 21 heavy (non-hydrogen) atoms. The molecule has 1 aromatic carbocycles. The molecule has 1 aromatic rings. The van der Waals surface area contributed by atoms with Crippen LogP contribution >= 0.6 is 0 Å². The van der Waals surface area contributed by atoms with Crippen molar-refractivity contribution in [2.24, 2.45) is 5.73 Å². The van der Waals surface area contributed by atoms with Crippen LogP contribution in [0, 0.1) is 5.82 Å². The standard InChI is InChI=1S/C14H19FN2O4/c1-14(2,3)21-13(20)17-8-4-5-11(15)9(6-8)10(7-16)12(18)19/h4-6,10H,7,16H2,1-3H3,(H,17,20)(H,18,19). The summed E-state index contributed by atoms with van der Waals surface area (Å²) in [6.45, 7) is 4.87.